The summed E-state index contributed by atoms with van der Waals surface area (Å²) in [6, 6.07) is 0. The average molecular weight is 350 g/mol. The van der Waals surface area contributed by atoms with Crippen molar-refractivity contribution in [2.75, 3.05) is 12.4 Å². The van der Waals surface area contributed by atoms with Gasteiger partial charge >= 0.3 is 0 Å². The summed E-state index contributed by atoms with van der Waals surface area (Å²) < 4.78 is 0. The molecule has 2 unspecified atom stereocenters. The number of unbranched alkanes of at least 4 members (excludes halogenated alkanes) is 1. The van der Waals surface area contributed by atoms with Gasteiger partial charge in [0.15, 0.2) is 11.1 Å². The van der Waals surface area contributed by atoms with E-state index in [1.54, 1.807) is 0 Å². The molecule has 1 saturated heterocycles. The maximum Gasteiger partial charge on any atom is 0.294 e. The quantitative estimate of drug-likeness (QED) is 0.219. The third kappa shape index (κ3) is 6.04. The smallest absolute Gasteiger partial charge is 0.294 e. The van der Waals surface area contributed by atoms with Gasteiger partial charge in [-0.3, -0.25) is 0 Å². The van der Waals surface area contributed by atoms with Crippen LogP contribution >= 0.6 is 32.1 Å². The number of rotatable bonds is 9. The van der Waals surface area contributed by atoms with Gasteiger partial charge < -0.3 is 4.84 Å². The van der Waals surface area contributed by atoms with E-state index in [4.69, 9.17) is 0 Å². The van der Waals surface area contributed by atoms with Gasteiger partial charge in [0, 0.05) is 27.9 Å². The van der Waals surface area contributed by atoms with E-state index >= 15 is 0 Å². The minimum atomic E-state index is -0.718. The van der Waals surface area contributed by atoms with Crippen LogP contribution < -0.4 is 0 Å². The van der Waals surface area contributed by atoms with Crippen molar-refractivity contribution >= 4 is 32.1 Å². The molecule has 2 heterocycles. The van der Waals surface area contributed by atoms with E-state index in [2.05, 4.69) is 15.2 Å². The molecule has 1 aromatic heterocycles. The Morgan fingerprint density at radius 1 is 1.57 bits per heavy atom. The van der Waals surface area contributed by atoms with Crippen LogP contribution in [0.4, 0.5) is 0 Å². The number of aromatic nitrogens is 1. The Kier molecular flexibility index (Phi) is 7.12. The Morgan fingerprint density at radius 3 is 3.14 bits per heavy atom. The Bertz CT molecular complexity index is 462. The molecule has 118 valence electrons. The van der Waals surface area contributed by atoms with Gasteiger partial charge in [0.25, 0.3) is 5.09 Å². The summed E-state index contributed by atoms with van der Waals surface area (Å²) in [4.78, 5) is 19.2. The normalized spacial score (nSPS) is 18.9. The predicted octanol–water partition coefficient (Wildman–Crippen LogP) is 4.21. The van der Waals surface area contributed by atoms with Gasteiger partial charge in [0.05, 0.1) is 5.69 Å². The van der Waals surface area contributed by atoms with Crippen molar-refractivity contribution in [3.63, 3.8) is 0 Å². The lowest BCUT2D eigenvalue weighted by Gasteiger charge is -2.05. The van der Waals surface area contributed by atoms with Crippen molar-refractivity contribution in [3.8, 4) is 0 Å². The number of nitrogens with zero attached hydrogens (tertiary/aromatic N) is 2. The molecule has 1 aliphatic heterocycles. The zero-order valence-electron chi connectivity index (χ0n) is 12.2. The summed E-state index contributed by atoms with van der Waals surface area (Å²) in [6.07, 6.45) is 6.08. The molecule has 8 heteroatoms. The van der Waals surface area contributed by atoms with Crippen molar-refractivity contribution in [1.29, 1.82) is 0 Å². The maximum atomic E-state index is 10.2. The zero-order valence-corrected chi connectivity index (χ0v) is 14.6. The topological polar surface area (TPSA) is 65.3 Å². The summed E-state index contributed by atoms with van der Waals surface area (Å²) in [5, 5.41) is 13.6. The van der Waals surface area contributed by atoms with E-state index in [1.165, 1.54) is 36.4 Å². The highest BCUT2D eigenvalue weighted by Gasteiger charge is 2.19. The van der Waals surface area contributed by atoms with Crippen LogP contribution in [-0.2, 0) is 17.0 Å². The van der Waals surface area contributed by atoms with E-state index < -0.39 is 5.09 Å². The van der Waals surface area contributed by atoms with E-state index in [-0.39, 0.29) is 17.1 Å². The molecule has 1 aliphatic rings. The molecule has 0 spiro atoms. The molecule has 0 N–H and O–H groups in total. The van der Waals surface area contributed by atoms with Crippen LogP contribution in [0.15, 0.2) is 5.38 Å². The van der Waals surface area contributed by atoms with Crippen molar-refractivity contribution < 1.29 is 9.92 Å². The zero-order chi connectivity index (χ0) is 15.1. The number of aryl methyl sites for hydroxylation is 2. The van der Waals surface area contributed by atoms with Gasteiger partial charge in [-0.15, -0.1) is 10.1 Å². The Labute approximate surface area is 135 Å². The molecule has 0 aliphatic carbocycles. The van der Waals surface area contributed by atoms with Gasteiger partial charge in [-0.05, 0) is 26.2 Å². The van der Waals surface area contributed by atoms with E-state index in [0.717, 1.165) is 17.4 Å². The summed E-state index contributed by atoms with van der Waals surface area (Å²) in [7, 11) is 3.96. The number of thiazole rings is 1. The monoisotopic (exact) mass is 349 g/mol. The van der Waals surface area contributed by atoms with Gasteiger partial charge in [0.2, 0.25) is 5.01 Å². The minimum absolute atomic E-state index is 0.0678. The van der Waals surface area contributed by atoms with Crippen LogP contribution in [0.1, 0.15) is 36.4 Å². The first-order chi connectivity index (χ1) is 10.1. The first kappa shape index (κ1) is 16.9. The molecular weight excluding hydrogens is 328 g/mol. The SMILES string of the molecule is Cc1c[s+](CCO[N+](=O)[O-])c(CCCCC2CCSS2)n1. The standard InChI is InChI=1S/C13H21N2O3S3/c1-11-10-21(9-7-18-15(16)17)13(14-11)5-3-2-4-12-6-8-19-20-12/h10,12H,2-9H2,1H3/q+1. The van der Waals surface area contributed by atoms with Crippen molar-refractivity contribution in [1.82, 2.24) is 4.98 Å². The lowest BCUT2D eigenvalue weighted by atomic mass is 10.1. The third-order valence-corrected chi connectivity index (χ3v) is 8.45. The first-order valence-corrected chi connectivity index (χ1v) is 11.0. The van der Waals surface area contributed by atoms with Crippen LogP contribution in [0, 0.1) is 17.0 Å². The molecule has 0 aromatic carbocycles. The van der Waals surface area contributed by atoms with Crippen molar-refractivity contribution in [2.45, 2.75) is 50.0 Å². The molecule has 0 bridgehead atoms. The van der Waals surface area contributed by atoms with Gasteiger partial charge in [-0.1, -0.05) is 28.0 Å². The van der Waals surface area contributed by atoms with Crippen molar-refractivity contribution in [3.05, 3.63) is 26.2 Å². The molecule has 5 nitrogen and oxygen atoms in total. The van der Waals surface area contributed by atoms with Crippen LogP contribution in [0.25, 0.3) is 0 Å². The Hall–Kier alpha value is -0.470. The van der Waals surface area contributed by atoms with Crippen molar-refractivity contribution in [2.24, 2.45) is 0 Å². The summed E-state index contributed by atoms with van der Waals surface area (Å²) in [6.45, 7) is 2.16. The lowest BCUT2D eigenvalue weighted by Crippen LogP contribution is -2.03. The molecule has 0 amide bonds. The second-order valence-corrected chi connectivity index (χ2v) is 9.79. The molecule has 2 atom stereocenters. The summed E-state index contributed by atoms with van der Waals surface area (Å²) >= 11 is 0. The van der Waals surface area contributed by atoms with Crippen LogP contribution in [0.3, 0.4) is 0 Å². The van der Waals surface area contributed by atoms with Crippen LogP contribution in [0.5, 0.6) is 0 Å². The highest BCUT2D eigenvalue weighted by molar-refractivity contribution is 8.77. The summed E-state index contributed by atoms with van der Waals surface area (Å²) in [5.41, 5.74) is 1.04. The minimum Gasteiger partial charge on any atom is -0.308 e. The fourth-order valence-corrected chi connectivity index (χ4v) is 7.24. The highest BCUT2D eigenvalue weighted by atomic mass is 33.1. The Morgan fingerprint density at radius 2 is 2.43 bits per heavy atom. The molecule has 1 aromatic rings. The molecular formula is C13H21N2O3S3+. The maximum absolute atomic E-state index is 10.2. The lowest BCUT2D eigenvalue weighted by molar-refractivity contribution is -0.757. The molecule has 21 heavy (non-hydrogen) atoms. The fourth-order valence-electron chi connectivity index (χ4n) is 2.33. The predicted molar refractivity (Wildman–Crippen MR) is 90.4 cm³/mol. The Balaban J connectivity index is 1.72. The van der Waals surface area contributed by atoms with Crippen LogP contribution in [-0.4, -0.2) is 27.7 Å². The molecule has 1 fully saturated rings. The molecule has 0 saturated carbocycles. The second-order valence-electron chi connectivity index (χ2n) is 5.03. The number of hydrogen-bond acceptors (Lipinski definition) is 6. The first-order valence-electron chi connectivity index (χ1n) is 7.16. The largest absolute Gasteiger partial charge is 0.308 e. The number of hydrogen-bond donors (Lipinski definition) is 0. The molecule has 0 radical (unpaired) electrons. The van der Waals surface area contributed by atoms with E-state index in [0.29, 0.717) is 5.75 Å². The summed E-state index contributed by atoms with van der Waals surface area (Å²) in [5.74, 6) is 1.97. The van der Waals surface area contributed by atoms with Gasteiger partial charge in [-0.2, -0.15) is 0 Å². The average Bonchev–Trinajstić information content (AvgIpc) is 3.04. The van der Waals surface area contributed by atoms with E-state index in [1.807, 2.05) is 28.5 Å². The highest BCUT2D eigenvalue weighted by Crippen LogP contribution is 2.40. The second kappa shape index (κ2) is 8.85. The van der Waals surface area contributed by atoms with Crippen LogP contribution in [0.2, 0.25) is 0 Å². The van der Waals surface area contributed by atoms with E-state index in [9.17, 15) is 10.1 Å². The van der Waals surface area contributed by atoms with Gasteiger partial charge in [0.1, 0.15) is 6.61 Å². The van der Waals surface area contributed by atoms with Gasteiger partial charge in [-0.25, -0.2) is 4.98 Å². The third-order valence-electron chi connectivity index (χ3n) is 3.31. The molecule has 2 rings (SSSR count). The fraction of sp³-hybridized carbons (Fsp3) is 0.769.